The van der Waals surface area contributed by atoms with Crippen molar-refractivity contribution in [2.45, 2.75) is 51.6 Å². The van der Waals surface area contributed by atoms with E-state index in [1.54, 1.807) is 11.1 Å². The minimum atomic E-state index is -0.431. The summed E-state index contributed by atoms with van der Waals surface area (Å²) < 4.78 is 0. The molecule has 1 aliphatic rings. The number of aromatic nitrogens is 1. The minimum Gasteiger partial charge on any atom is -0.368 e. The molecule has 0 aromatic carbocycles. The first kappa shape index (κ1) is 18.2. The monoisotopic (exact) mass is 332 g/mol. The van der Waals surface area contributed by atoms with Crippen LogP contribution in [0.4, 0.5) is 5.82 Å². The van der Waals surface area contributed by atoms with Crippen molar-refractivity contribution in [2.24, 2.45) is 11.7 Å². The molecule has 0 radical (unpaired) electrons. The predicted octanol–water partition coefficient (Wildman–Crippen LogP) is 1.80. The summed E-state index contributed by atoms with van der Waals surface area (Å²) in [5.41, 5.74) is 5.62. The van der Waals surface area contributed by atoms with Crippen molar-refractivity contribution in [1.29, 1.82) is 0 Å². The van der Waals surface area contributed by atoms with Crippen molar-refractivity contribution in [3.8, 4) is 0 Å². The number of nitrogens with two attached hydrogens (primary N) is 1. The second kappa shape index (κ2) is 8.13. The number of carbonyl (C=O) groups excluding carboxylic acids is 2. The molecule has 1 aromatic rings. The topological polar surface area (TPSA) is 79.5 Å². The molecule has 2 rings (SSSR count). The van der Waals surface area contributed by atoms with Gasteiger partial charge >= 0.3 is 0 Å². The summed E-state index contributed by atoms with van der Waals surface area (Å²) in [6.07, 6.45) is 4.51. The number of nitrogens with zero attached hydrogens (tertiary/aromatic N) is 3. The standard InChI is InChI=1S/C18H28N4O2/c1-13(2)7-8-17(23)21(3)14-9-11-22(15(12-14)18(19)24)16-6-4-5-10-20-16/h4-6,10,13-15H,7-9,11-12H2,1-3H3,(H2,19,24). The zero-order valence-corrected chi connectivity index (χ0v) is 14.8. The summed E-state index contributed by atoms with van der Waals surface area (Å²) in [5, 5.41) is 0. The van der Waals surface area contributed by atoms with Gasteiger partial charge in [-0.1, -0.05) is 19.9 Å². The van der Waals surface area contributed by atoms with E-state index in [1.165, 1.54) is 0 Å². The molecular weight excluding hydrogens is 304 g/mol. The summed E-state index contributed by atoms with van der Waals surface area (Å²) >= 11 is 0. The van der Waals surface area contributed by atoms with E-state index in [9.17, 15) is 9.59 Å². The Morgan fingerprint density at radius 1 is 1.42 bits per heavy atom. The lowest BCUT2D eigenvalue weighted by Crippen LogP contribution is -2.55. The van der Waals surface area contributed by atoms with Crippen molar-refractivity contribution in [2.75, 3.05) is 18.5 Å². The van der Waals surface area contributed by atoms with Gasteiger partial charge in [-0.15, -0.1) is 0 Å². The van der Waals surface area contributed by atoms with Crippen LogP contribution in [0.2, 0.25) is 0 Å². The SMILES string of the molecule is CC(C)CCC(=O)N(C)C1CCN(c2ccccn2)C(C(N)=O)C1. The molecule has 2 amide bonds. The average Bonchev–Trinajstić information content (AvgIpc) is 2.59. The van der Waals surface area contributed by atoms with Crippen LogP contribution in [0.3, 0.4) is 0 Å². The fourth-order valence-electron chi connectivity index (χ4n) is 3.16. The van der Waals surface area contributed by atoms with E-state index in [1.807, 2.05) is 30.1 Å². The van der Waals surface area contributed by atoms with Gasteiger partial charge in [0.25, 0.3) is 0 Å². The van der Waals surface area contributed by atoms with Crippen molar-refractivity contribution in [3.63, 3.8) is 0 Å². The molecule has 2 N–H and O–H groups in total. The Kier molecular flexibility index (Phi) is 6.17. The number of amides is 2. The predicted molar refractivity (Wildman–Crippen MR) is 94.4 cm³/mol. The van der Waals surface area contributed by atoms with Gasteiger partial charge in [0.15, 0.2) is 0 Å². The van der Waals surface area contributed by atoms with E-state index >= 15 is 0 Å². The van der Waals surface area contributed by atoms with E-state index in [0.29, 0.717) is 25.3 Å². The third-order valence-corrected chi connectivity index (χ3v) is 4.72. The van der Waals surface area contributed by atoms with Gasteiger partial charge in [-0.25, -0.2) is 4.98 Å². The molecule has 1 aromatic heterocycles. The van der Waals surface area contributed by atoms with E-state index in [0.717, 1.165) is 18.7 Å². The normalized spacial score (nSPS) is 20.9. The van der Waals surface area contributed by atoms with Crippen LogP contribution in [0.5, 0.6) is 0 Å². The molecule has 6 heteroatoms. The van der Waals surface area contributed by atoms with Crippen molar-refractivity contribution >= 4 is 17.6 Å². The Labute approximate surface area is 144 Å². The molecule has 1 saturated heterocycles. The van der Waals surface area contributed by atoms with Gasteiger partial charge in [-0.3, -0.25) is 9.59 Å². The molecule has 0 bridgehead atoms. The first-order chi connectivity index (χ1) is 11.4. The highest BCUT2D eigenvalue weighted by molar-refractivity contribution is 5.84. The van der Waals surface area contributed by atoms with E-state index in [4.69, 9.17) is 5.73 Å². The highest BCUT2D eigenvalue weighted by Gasteiger charge is 2.35. The molecule has 0 saturated carbocycles. The van der Waals surface area contributed by atoms with Gasteiger partial charge in [0.1, 0.15) is 11.9 Å². The van der Waals surface area contributed by atoms with Gasteiger partial charge in [0, 0.05) is 32.3 Å². The number of carbonyl (C=O) groups is 2. The second-order valence-electron chi connectivity index (χ2n) is 6.91. The van der Waals surface area contributed by atoms with Gasteiger partial charge in [-0.05, 0) is 37.3 Å². The summed E-state index contributed by atoms with van der Waals surface area (Å²) in [7, 11) is 1.84. The van der Waals surface area contributed by atoms with Crippen LogP contribution < -0.4 is 10.6 Å². The molecule has 1 fully saturated rings. The molecule has 0 spiro atoms. The first-order valence-corrected chi connectivity index (χ1v) is 8.62. The zero-order valence-electron chi connectivity index (χ0n) is 14.8. The third-order valence-electron chi connectivity index (χ3n) is 4.72. The molecule has 2 unspecified atom stereocenters. The Hall–Kier alpha value is -2.11. The van der Waals surface area contributed by atoms with Crippen LogP contribution >= 0.6 is 0 Å². The van der Waals surface area contributed by atoms with Crippen LogP contribution in [0.15, 0.2) is 24.4 Å². The van der Waals surface area contributed by atoms with Crippen molar-refractivity contribution in [1.82, 2.24) is 9.88 Å². The fourth-order valence-corrected chi connectivity index (χ4v) is 3.16. The quantitative estimate of drug-likeness (QED) is 0.861. The van der Waals surface area contributed by atoms with Gasteiger partial charge < -0.3 is 15.5 Å². The van der Waals surface area contributed by atoms with Crippen LogP contribution in [0.25, 0.3) is 0 Å². The molecule has 2 heterocycles. The highest BCUT2D eigenvalue weighted by Crippen LogP contribution is 2.26. The number of hydrogen-bond donors (Lipinski definition) is 1. The molecule has 24 heavy (non-hydrogen) atoms. The zero-order chi connectivity index (χ0) is 17.7. The largest absolute Gasteiger partial charge is 0.368 e. The molecule has 1 aliphatic heterocycles. The minimum absolute atomic E-state index is 0.0436. The lowest BCUT2D eigenvalue weighted by molar-refractivity contribution is -0.133. The highest BCUT2D eigenvalue weighted by atomic mass is 16.2. The second-order valence-corrected chi connectivity index (χ2v) is 6.91. The maximum Gasteiger partial charge on any atom is 0.240 e. The van der Waals surface area contributed by atoms with Gasteiger partial charge in [-0.2, -0.15) is 0 Å². The lowest BCUT2D eigenvalue weighted by atomic mass is 9.95. The van der Waals surface area contributed by atoms with Crippen LogP contribution in [0.1, 0.15) is 39.5 Å². The molecule has 0 aliphatic carbocycles. The third kappa shape index (κ3) is 4.46. The first-order valence-electron chi connectivity index (χ1n) is 8.62. The smallest absolute Gasteiger partial charge is 0.240 e. The Bertz CT molecular complexity index is 561. The average molecular weight is 332 g/mol. The van der Waals surface area contributed by atoms with Crippen LogP contribution in [-0.4, -0.2) is 47.4 Å². The Morgan fingerprint density at radius 3 is 2.75 bits per heavy atom. The van der Waals surface area contributed by atoms with E-state index < -0.39 is 6.04 Å². The molecule has 2 atom stereocenters. The van der Waals surface area contributed by atoms with Gasteiger partial charge in [0.05, 0.1) is 0 Å². The molecule has 132 valence electrons. The maximum atomic E-state index is 12.4. The van der Waals surface area contributed by atoms with E-state index in [-0.39, 0.29) is 17.9 Å². The lowest BCUT2D eigenvalue weighted by Gasteiger charge is -2.41. The Morgan fingerprint density at radius 2 is 2.17 bits per heavy atom. The van der Waals surface area contributed by atoms with E-state index in [2.05, 4.69) is 18.8 Å². The number of piperidine rings is 1. The summed E-state index contributed by atoms with van der Waals surface area (Å²) in [4.78, 5) is 32.4. The summed E-state index contributed by atoms with van der Waals surface area (Å²) in [5.74, 6) is 1.04. The van der Waals surface area contributed by atoms with Crippen LogP contribution in [-0.2, 0) is 9.59 Å². The van der Waals surface area contributed by atoms with Crippen molar-refractivity contribution < 1.29 is 9.59 Å². The number of anilines is 1. The number of primary amides is 1. The summed E-state index contributed by atoms with van der Waals surface area (Å²) in [6, 6.07) is 5.24. The number of rotatable bonds is 6. The van der Waals surface area contributed by atoms with Gasteiger partial charge in [0.2, 0.25) is 11.8 Å². The van der Waals surface area contributed by atoms with Crippen molar-refractivity contribution in [3.05, 3.63) is 24.4 Å². The molecular formula is C18H28N4O2. The summed E-state index contributed by atoms with van der Waals surface area (Å²) in [6.45, 7) is 4.89. The maximum absolute atomic E-state index is 12.4. The molecule has 6 nitrogen and oxygen atoms in total. The van der Waals surface area contributed by atoms with Crippen LogP contribution in [0, 0.1) is 5.92 Å². The number of hydrogen-bond acceptors (Lipinski definition) is 4. The Balaban J connectivity index is 2.04. The fraction of sp³-hybridized carbons (Fsp3) is 0.611. The number of pyridine rings is 1.